The minimum Gasteiger partial charge on any atom is -0.384 e. The maximum absolute atomic E-state index is 5.26. The Morgan fingerprint density at radius 2 is 2.00 bits per heavy atom. The summed E-state index contributed by atoms with van der Waals surface area (Å²) in [5, 5.41) is 3.69. The van der Waals surface area contributed by atoms with E-state index in [4.69, 9.17) is 4.74 Å². The molecule has 2 nitrogen and oxygen atoms in total. The van der Waals surface area contributed by atoms with Crippen LogP contribution in [0.25, 0.3) is 0 Å². The zero-order valence-electron chi connectivity index (χ0n) is 9.30. The first-order chi connectivity index (χ1) is 6.90. The second kappa shape index (κ2) is 5.13. The maximum atomic E-state index is 5.26. The van der Waals surface area contributed by atoms with Gasteiger partial charge in [-0.1, -0.05) is 12.8 Å². The Morgan fingerprint density at radius 1 is 1.21 bits per heavy atom. The highest BCUT2D eigenvalue weighted by Crippen LogP contribution is 2.32. The summed E-state index contributed by atoms with van der Waals surface area (Å²) in [6, 6.07) is 0.798. The molecule has 0 amide bonds. The molecule has 1 N–H and O–H groups in total. The van der Waals surface area contributed by atoms with E-state index in [0.29, 0.717) is 0 Å². The molecule has 1 heterocycles. The lowest BCUT2D eigenvalue weighted by molar-refractivity contribution is 0.113. The van der Waals surface area contributed by atoms with Crippen molar-refractivity contribution < 1.29 is 4.74 Å². The van der Waals surface area contributed by atoms with Gasteiger partial charge in [0.05, 0.1) is 0 Å². The van der Waals surface area contributed by atoms with E-state index in [1.807, 2.05) is 7.11 Å². The van der Waals surface area contributed by atoms with Crippen molar-refractivity contribution in [2.75, 3.05) is 20.3 Å². The van der Waals surface area contributed by atoms with Crippen LogP contribution in [0.1, 0.15) is 38.5 Å². The fourth-order valence-electron chi connectivity index (χ4n) is 3.14. The minimum atomic E-state index is 0.798. The molecule has 2 aliphatic rings. The summed E-state index contributed by atoms with van der Waals surface area (Å²) < 4.78 is 5.26. The van der Waals surface area contributed by atoms with E-state index in [1.165, 1.54) is 45.1 Å². The number of rotatable bonds is 3. The first kappa shape index (κ1) is 10.4. The standard InChI is InChI=1S/C12H23NO/c1-14-9-10-6-7-13-12(8-10)11-4-2-3-5-11/h10-13H,2-9H2,1H3. The van der Waals surface area contributed by atoms with Crippen molar-refractivity contribution in [2.45, 2.75) is 44.6 Å². The Labute approximate surface area is 87.4 Å². The lowest BCUT2D eigenvalue weighted by Gasteiger charge is -2.33. The average molecular weight is 197 g/mol. The molecular formula is C12H23NO. The van der Waals surface area contributed by atoms with Gasteiger partial charge < -0.3 is 10.1 Å². The van der Waals surface area contributed by atoms with E-state index in [1.54, 1.807) is 0 Å². The molecule has 1 saturated carbocycles. The van der Waals surface area contributed by atoms with Gasteiger partial charge in [-0.05, 0) is 44.1 Å². The van der Waals surface area contributed by atoms with Crippen LogP contribution in [0.3, 0.4) is 0 Å². The van der Waals surface area contributed by atoms with Gasteiger partial charge in [0.25, 0.3) is 0 Å². The molecule has 0 radical (unpaired) electrons. The van der Waals surface area contributed by atoms with Gasteiger partial charge in [-0.2, -0.15) is 0 Å². The Morgan fingerprint density at radius 3 is 2.71 bits per heavy atom. The molecule has 2 rings (SSSR count). The fourth-order valence-corrected chi connectivity index (χ4v) is 3.14. The van der Waals surface area contributed by atoms with Gasteiger partial charge >= 0.3 is 0 Å². The van der Waals surface area contributed by atoms with Crippen LogP contribution in [0, 0.1) is 11.8 Å². The topological polar surface area (TPSA) is 21.3 Å². The molecule has 2 unspecified atom stereocenters. The number of nitrogens with one attached hydrogen (secondary N) is 1. The van der Waals surface area contributed by atoms with Gasteiger partial charge in [-0.3, -0.25) is 0 Å². The summed E-state index contributed by atoms with van der Waals surface area (Å²) in [5.41, 5.74) is 0. The molecular weight excluding hydrogens is 174 g/mol. The molecule has 2 fully saturated rings. The number of ether oxygens (including phenoxy) is 1. The van der Waals surface area contributed by atoms with E-state index < -0.39 is 0 Å². The summed E-state index contributed by atoms with van der Waals surface area (Å²) in [4.78, 5) is 0. The van der Waals surface area contributed by atoms with Crippen molar-refractivity contribution in [3.8, 4) is 0 Å². The third-order valence-corrected chi connectivity index (χ3v) is 3.92. The van der Waals surface area contributed by atoms with Gasteiger partial charge in [0, 0.05) is 19.8 Å². The van der Waals surface area contributed by atoms with Crippen molar-refractivity contribution >= 4 is 0 Å². The highest BCUT2D eigenvalue weighted by Gasteiger charge is 2.29. The van der Waals surface area contributed by atoms with Crippen LogP contribution in [0.2, 0.25) is 0 Å². The summed E-state index contributed by atoms with van der Waals surface area (Å²) in [5.74, 6) is 1.78. The summed E-state index contributed by atoms with van der Waals surface area (Å²) in [6.07, 6.45) is 8.47. The predicted molar refractivity (Wildman–Crippen MR) is 58.3 cm³/mol. The second-order valence-corrected chi connectivity index (χ2v) is 4.95. The van der Waals surface area contributed by atoms with Crippen LogP contribution in [0.15, 0.2) is 0 Å². The third-order valence-electron chi connectivity index (χ3n) is 3.92. The molecule has 1 aliphatic heterocycles. The largest absolute Gasteiger partial charge is 0.384 e. The van der Waals surface area contributed by atoms with E-state index >= 15 is 0 Å². The maximum Gasteiger partial charge on any atom is 0.0491 e. The summed E-state index contributed by atoms with van der Waals surface area (Å²) >= 11 is 0. The highest BCUT2D eigenvalue weighted by molar-refractivity contribution is 4.86. The molecule has 1 aliphatic carbocycles. The Balaban J connectivity index is 1.80. The van der Waals surface area contributed by atoms with Crippen molar-refractivity contribution in [2.24, 2.45) is 11.8 Å². The first-order valence-electron chi connectivity index (χ1n) is 6.12. The van der Waals surface area contributed by atoms with Crippen LogP contribution in [-0.4, -0.2) is 26.3 Å². The molecule has 1 saturated heterocycles. The van der Waals surface area contributed by atoms with Crippen LogP contribution in [0.4, 0.5) is 0 Å². The van der Waals surface area contributed by atoms with Crippen LogP contribution in [-0.2, 0) is 4.74 Å². The number of hydrogen-bond acceptors (Lipinski definition) is 2. The van der Waals surface area contributed by atoms with Gasteiger partial charge in [-0.15, -0.1) is 0 Å². The smallest absolute Gasteiger partial charge is 0.0491 e. The Hall–Kier alpha value is -0.0800. The lowest BCUT2D eigenvalue weighted by atomic mass is 9.85. The predicted octanol–water partition coefficient (Wildman–Crippen LogP) is 2.19. The van der Waals surface area contributed by atoms with Crippen molar-refractivity contribution in [1.82, 2.24) is 5.32 Å². The number of hydrogen-bond donors (Lipinski definition) is 1. The van der Waals surface area contributed by atoms with Crippen molar-refractivity contribution in [3.05, 3.63) is 0 Å². The van der Waals surface area contributed by atoms with E-state index in [2.05, 4.69) is 5.32 Å². The second-order valence-electron chi connectivity index (χ2n) is 4.95. The minimum absolute atomic E-state index is 0.798. The van der Waals surface area contributed by atoms with Gasteiger partial charge in [-0.25, -0.2) is 0 Å². The zero-order chi connectivity index (χ0) is 9.80. The number of piperidine rings is 1. The normalized spacial score (nSPS) is 34.9. The lowest BCUT2D eigenvalue weighted by Crippen LogP contribution is -2.43. The van der Waals surface area contributed by atoms with E-state index in [-0.39, 0.29) is 0 Å². The van der Waals surface area contributed by atoms with Crippen LogP contribution < -0.4 is 5.32 Å². The molecule has 0 bridgehead atoms. The molecule has 14 heavy (non-hydrogen) atoms. The van der Waals surface area contributed by atoms with Gasteiger partial charge in [0.15, 0.2) is 0 Å². The first-order valence-corrected chi connectivity index (χ1v) is 6.12. The SMILES string of the molecule is COCC1CCNC(C2CCCC2)C1. The Bertz CT molecular complexity index is 164. The van der Waals surface area contributed by atoms with E-state index in [0.717, 1.165) is 24.5 Å². The zero-order valence-corrected chi connectivity index (χ0v) is 9.30. The van der Waals surface area contributed by atoms with Crippen molar-refractivity contribution in [3.63, 3.8) is 0 Å². The third kappa shape index (κ3) is 2.48. The molecule has 2 heteroatoms. The summed E-state index contributed by atoms with van der Waals surface area (Å²) in [7, 11) is 1.83. The molecule has 0 spiro atoms. The monoisotopic (exact) mass is 197 g/mol. The molecule has 2 atom stereocenters. The quantitative estimate of drug-likeness (QED) is 0.749. The van der Waals surface area contributed by atoms with Gasteiger partial charge in [0.1, 0.15) is 0 Å². The molecule has 0 aromatic rings. The molecule has 0 aromatic heterocycles. The highest BCUT2D eigenvalue weighted by atomic mass is 16.5. The van der Waals surface area contributed by atoms with E-state index in [9.17, 15) is 0 Å². The molecule has 82 valence electrons. The molecule has 0 aromatic carbocycles. The fraction of sp³-hybridized carbons (Fsp3) is 1.00. The average Bonchev–Trinajstić information content (AvgIpc) is 2.71. The van der Waals surface area contributed by atoms with Crippen molar-refractivity contribution in [1.29, 1.82) is 0 Å². The van der Waals surface area contributed by atoms with Crippen LogP contribution in [0.5, 0.6) is 0 Å². The van der Waals surface area contributed by atoms with Gasteiger partial charge in [0.2, 0.25) is 0 Å². The number of methoxy groups -OCH3 is 1. The van der Waals surface area contributed by atoms with Crippen LogP contribution >= 0.6 is 0 Å². The summed E-state index contributed by atoms with van der Waals surface area (Å²) in [6.45, 7) is 2.17. The Kier molecular flexibility index (Phi) is 3.82.